The van der Waals surface area contributed by atoms with Gasteiger partial charge in [0.15, 0.2) is 0 Å². The highest BCUT2D eigenvalue weighted by molar-refractivity contribution is 4.93. The lowest BCUT2D eigenvalue weighted by molar-refractivity contribution is 0.181. The topological polar surface area (TPSA) is 37.9 Å². The maximum Gasteiger partial charge on any atom is 0.0902 e. The summed E-state index contributed by atoms with van der Waals surface area (Å²) in [6.45, 7) is 0.556. The Morgan fingerprint density at radius 1 is 2.00 bits per heavy atom. The second-order valence-electron chi connectivity index (χ2n) is 1.44. The molecule has 0 aliphatic carbocycles. The highest BCUT2D eigenvalue weighted by atomic mass is 16.5. The molecule has 3 nitrogen and oxygen atoms in total. The molecule has 0 amide bonds. The zero-order valence-electron chi connectivity index (χ0n) is 4.64. The van der Waals surface area contributed by atoms with Crippen LogP contribution in [0.2, 0.25) is 0 Å². The number of hydrogen-bond acceptors (Lipinski definition) is 2. The zero-order chi connectivity index (χ0) is 5.82. The van der Waals surface area contributed by atoms with Gasteiger partial charge in [0.1, 0.15) is 0 Å². The van der Waals surface area contributed by atoms with E-state index in [1.165, 1.54) is 0 Å². The number of aromatic amines is 1. The van der Waals surface area contributed by atoms with Crippen molar-refractivity contribution in [2.45, 2.75) is 6.61 Å². The molecule has 1 aromatic rings. The maximum absolute atomic E-state index is 4.78. The first-order valence-corrected chi connectivity index (χ1v) is 2.33. The summed E-state index contributed by atoms with van der Waals surface area (Å²) in [7, 11) is 1.63. The number of ether oxygens (including phenoxy) is 1. The Morgan fingerprint density at radius 3 is 3.38 bits per heavy atom. The van der Waals surface area contributed by atoms with E-state index >= 15 is 0 Å². The average molecular weight is 111 g/mol. The lowest BCUT2D eigenvalue weighted by Crippen LogP contribution is -1.85. The molecule has 0 bridgehead atoms. The van der Waals surface area contributed by atoms with Crippen LogP contribution in [0.1, 0.15) is 5.69 Å². The van der Waals surface area contributed by atoms with Gasteiger partial charge < -0.3 is 4.74 Å². The second kappa shape index (κ2) is 2.47. The molecule has 0 atom stereocenters. The molecule has 1 N–H and O–H groups in total. The Balaban J connectivity index is 2.50. The monoisotopic (exact) mass is 111 g/mol. The summed E-state index contributed by atoms with van der Waals surface area (Å²) in [4.78, 5) is 0. The van der Waals surface area contributed by atoms with Crippen molar-refractivity contribution in [3.8, 4) is 0 Å². The minimum Gasteiger partial charge on any atom is -0.378 e. The Bertz CT molecular complexity index is 136. The van der Waals surface area contributed by atoms with Crippen molar-refractivity contribution >= 4 is 0 Å². The van der Waals surface area contributed by atoms with E-state index in [2.05, 4.69) is 16.4 Å². The van der Waals surface area contributed by atoms with Crippen LogP contribution >= 0.6 is 0 Å². The quantitative estimate of drug-likeness (QED) is 0.598. The molecule has 1 radical (unpaired) electrons. The van der Waals surface area contributed by atoms with Crippen LogP contribution in [0.3, 0.4) is 0 Å². The molecular formula is C5H7N2O. The van der Waals surface area contributed by atoms with Crippen molar-refractivity contribution in [1.82, 2.24) is 10.2 Å². The van der Waals surface area contributed by atoms with Crippen LogP contribution in [-0.2, 0) is 11.3 Å². The van der Waals surface area contributed by atoms with E-state index in [1.807, 2.05) is 0 Å². The maximum atomic E-state index is 4.78. The SMILES string of the molecule is COCc1c[c][nH]n1. The van der Waals surface area contributed by atoms with Crippen molar-refractivity contribution in [1.29, 1.82) is 0 Å². The number of methoxy groups -OCH3 is 1. The van der Waals surface area contributed by atoms with E-state index in [4.69, 9.17) is 4.74 Å². The third kappa shape index (κ3) is 1.07. The van der Waals surface area contributed by atoms with Gasteiger partial charge >= 0.3 is 0 Å². The fourth-order valence-corrected chi connectivity index (χ4v) is 0.474. The molecule has 1 aromatic heterocycles. The van der Waals surface area contributed by atoms with Gasteiger partial charge in [0.05, 0.1) is 18.5 Å². The summed E-state index contributed by atoms with van der Waals surface area (Å²) in [5.41, 5.74) is 0.882. The van der Waals surface area contributed by atoms with Gasteiger partial charge in [-0.15, -0.1) is 0 Å². The van der Waals surface area contributed by atoms with Crippen molar-refractivity contribution in [3.63, 3.8) is 0 Å². The van der Waals surface area contributed by atoms with Gasteiger partial charge in [-0.05, 0) is 6.07 Å². The number of hydrogen-bond donors (Lipinski definition) is 1. The molecule has 0 spiro atoms. The molecule has 3 heteroatoms. The minimum atomic E-state index is 0.556. The molecular weight excluding hydrogens is 104 g/mol. The standard InChI is InChI=1S/C5H7N2O/c1-8-4-5-2-3-6-7-5/h2H,4H2,1H3,(H,6,7). The molecule has 0 aliphatic rings. The molecule has 1 heterocycles. The Labute approximate surface area is 47.7 Å². The normalized spacial score (nSPS) is 9.62. The summed E-state index contributed by atoms with van der Waals surface area (Å²) in [5, 5.41) is 6.36. The summed E-state index contributed by atoms with van der Waals surface area (Å²) < 4.78 is 4.78. The first-order chi connectivity index (χ1) is 3.93. The van der Waals surface area contributed by atoms with Crippen LogP contribution in [0.15, 0.2) is 6.07 Å². The first-order valence-electron chi connectivity index (χ1n) is 2.33. The predicted octanol–water partition coefficient (Wildman–Crippen LogP) is 0.356. The Morgan fingerprint density at radius 2 is 2.88 bits per heavy atom. The van der Waals surface area contributed by atoms with E-state index in [1.54, 1.807) is 13.2 Å². The average Bonchev–Trinajstić information content (AvgIpc) is 2.19. The summed E-state index contributed by atoms with van der Waals surface area (Å²) >= 11 is 0. The summed E-state index contributed by atoms with van der Waals surface area (Å²) in [6, 6.07) is 1.75. The number of nitrogens with one attached hydrogen (secondary N) is 1. The largest absolute Gasteiger partial charge is 0.378 e. The van der Waals surface area contributed by atoms with E-state index in [-0.39, 0.29) is 0 Å². The number of H-pyrrole nitrogens is 1. The van der Waals surface area contributed by atoms with Gasteiger partial charge in [-0.25, -0.2) is 0 Å². The van der Waals surface area contributed by atoms with Crippen molar-refractivity contribution < 1.29 is 4.74 Å². The molecule has 0 aromatic carbocycles. The lowest BCUT2D eigenvalue weighted by atomic mass is 10.5. The fraction of sp³-hybridized carbons (Fsp3) is 0.400. The molecule has 8 heavy (non-hydrogen) atoms. The highest BCUT2D eigenvalue weighted by Crippen LogP contribution is 1.90. The number of nitrogens with zero attached hydrogens (tertiary/aromatic N) is 1. The lowest BCUT2D eigenvalue weighted by Gasteiger charge is -1.87. The van der Waals surface area contributed by atoms with Crippen LogP contribution in [0, 0.1) is 6.20 Å². The number of rotatable bonds is 2. The smallest absolute Gasteiger partial charge is 0.0902 e. The van der Waals surface area contributed by atoms with Crippen LogP contribution in [0.4, 0.5) is 0 Å². The van der Waals surface area contributed by atoms with Gasteiger partial charge in [-0.2, -0.15) is 5.10 Å². The first kappa shape index (κ1) is 5.31. The van der Waals surface area contributed by atoms with Gasteiger partial charge in [-0.3, -0.25) is 5.10 Å². The predicted molar refractivity (Wildman–Crippen MR) is 28.1 cm³/mol. The van der Waals surface area contributed by atoms with Gasteiger partial charge in [-0.1, -0.05) is 0 Å². The molecule has 0 fully saturated rings. The van der Waals surface area contributed by atoms with Crippen LogP contribution in [0.5, 0.6) is 0 Å². The fourth-order valence-electron chi connectivity index (χ4n) is 0.474. The van der Waals surface area contributed by atoms with Crippen molar-refractivity contribution in [3.05, 3.63) is 18.0 Å². The third-order valence-electron chi connectivity index (χ3n) is 0.795. The third-order valence-corrected chi connectivity index (χ3v) is 0.795. The van der Waals surface area contributed by atoms with E-state index in [0.29, 0.717) is 6.61 Å². The molecule has 0 saturated heterocycles. The summed E-state index contributed by atoms with van der Waals surface area (Å²) in [5.74, 6) is 0. The molecule has 0 unspecified atom stereocenters. The zero-order valence-corrected chi connectivity index (χ0v) is 4.64. The molecule has 43 valence electrons. The van der Waals surface area contributed by atoms with Crippen LogP contribution in [0.25, 0.3) is 0 Å². The van der Waals surface area contributed by atoms with Gasteiger partial charge in [0.25, 0.3) is 0 Å². The van der Waals surface area contributed by atoms with E-state index < -0.39 is 0 Å². The molecule has 0 aliphatic heterocycles. The number of aromatic nitrogens is 2. The Hall–Kier alpha value is -0.830. The minimum absolute atomic E-state index is 0.556. The van der Waals surface area contributed by atoms with Crippen LogP contribution < -0.4 is 0 Å². The molecule has 1 rings (SSSR count). The molecule has 0 saturated carbocycles. The summed E-state index contributed by atoms with van der Waals surface area (Å²) in [6.07, 6.45) is 2.70. The second-order valence-corrected chi connectivity index (χ2v) is 1.44. The Kier molecular flexibility index (Phi) is 1.64. The van der Waals surface area contributed by atoms with Gasteiger partial charge in [0, 0.05) is 7.11 Å². The van der Waals surface area contributed by atoms with Crippen molar-refractivity contribution in [2.24, 2.45) is 0 Å². The van der Waals surface area contributed by atoms with Gasteiger partial charge in [0.2, 0.25) is 0 Å². The highest BCUT2D eigenvalue weighted by Gasteiger charge is 1.88. The van der Waals surface area contributed by atoms with E-state index in [0.717, 1.165) is 5.69 Å². The van der Waals surface area contributed by atoms with Crippen molar-refractivity contribution in [2.75, 3.05) is 7.11 Å². The van der Waals surface area contributed by atoms with E-state index in [9.17, 15) is 0 Å². The van der Waals surface area contributed by atoms with Crippen LogP contribution in [-0.4, -0.2) is 17.3 Å².